The van der Waals surface area contributed by atoms with Gasteiger partial charge in [-0.2, -0.15) is 0 Å². The van der Waals surface area contributed by atoms with E-state index in [4.69, 9.17) is 11.1 Å². The van der Waals surface area contributed by atoms with Crippen LogP contribution in [0, 0.1) is 11.3 Å². The molecule has 5 heteroatoms. The van der Waals surface area contributed by atoms with Gasteiger partial charge in [0.2, 0.25) is 0 Å². The van der Waals surface area contributed by atoms with E-state index in [1.807, 2.05) is 0 Å². The highest BCUT2D eigenvalue weighted by Crippen LogP contribution is 2.37. The van der Waals surface area contributed by atoms with Crippen molar-refractivity contribution in [2.45, 2.75) is 44.6 Å². The molecule has 2 aliphatic rings. The first-order valence-corrected chi connectivity index (χ1v) is 7.19. The average molecular weight is 259 g/mol. The Morgan fingerprint density at radius 2 is 1.89 bits per heavy atom. The van der Waals surface area contributed by atoms with E-state index in [1.165, 1.54) is 38.5 Å². The number of rotatable bonds is 2. The second kappa shape index (κ2) is 5.15. The molecule has 1 aromatic rings. The monoisotopic (exact) mass is 259 g/mol. The fourth-order valence-electron chi connectivity index (χ4n) is 3.62. The van der Waals surface area contributed by atoms with Gasteiger partial charge in [0, 0.05) is 25.0 Å². The minimum Gasteiger partial charge on any atom is -0.382 e. The number of nitrogens with one attached hydrogen (secondary N) is 1. The van der Waals surface area contributed by atoms with Crippen molar-refractivity contribution in [2.75, 3.05) is 11.4 Å². The number of piperidine rings is 1. The highest BCUT2D eigenvalue weighted by molar-refractivity contribution is 5.97. The van der Waals surface area contributed by atoms with Gasteiger partial charge in [-0.15, -0.1) is 0 Å². The van der Waals surface area contributed by atoms with Crippen LogP contribution >= 0.6 is 0 Å². The molecular weight excluding hydrogens is 238 g/mol. The van der Waals surface area contributed by atoms with Gasteiger partial charge in [0.1, 0.15) is 11.5 Å². The molecule has 2 fully saturated rings. The van der Waals surface area contributed by atoms with Crippen LogP contribution in [0.4, 0.5) is 5.82 Å². The Kier molecular flexibility index (Phi) is 3.36. The SMILES string of the molecule is N=C(N)c1nccnc1N1CCC[C@H]2CCCC[C@H]21. The van der Waals surface area contributed by atoms with Crippen molar-refractivity contribution >= 4 is 11.7 Å². The average Bonchev–Trinajstić information content (AvgIpc) is 2.46. The van der Waals surface area contributed by atoms with Crippen LogP contribution in [0.3, 0.4) is 0 Å². The summed E-state index contributed by atoms with van der Waals surface area (Å²) in [5, 5.41) is 7.68. The third kappa shape index (κ3) is 2.29. The molecule has 1 aromatic heterocycles. The Labute approximate surface area is 113 Å². The van der Waals surface area contributed by atoms with E-state index in [-0.39, 0.29) is 5.84 Å². The number of nitrogen functional groups attached to an aromatic ring is 1. The van der Waals surface area contributed by atoms with Gasteiger partial charge in [-0.05, 0) is 31.6 Å². The van der Waals surface area contributed by atoms with Gasteiger partial charge in [0.25, 0.3) is 0 Å². The number of nitrogens with two attached hydrogens (primary N) is 1. The van der Waals surface area contributed by atoms with Crippen LogP contribution in [0.15, 0.2) is 12.4 Å². The summed E-state index contributed by atoms with van der Waals surface area (Å²) >= 11 is 0. The number of aromatic nitrogens is 2. The summed E-state index contributed by atoms with van der Waals surface area (Å²) in [5.74, 6) is 1.61. The second-order valence-corrected chi connectivity index (χ2v) is 5.59. The number of hydrogen-bond acceptors (Lipinski definition) is 4. The maximum atomic E-state index is 7.68. The smallest absolute Gasteiger partial charge is 0.158 e. The largest absolute Gasteiger partial charge is 0.382 e. The van der Waals surface area contributed by atoms with Gasteiger partial charge in [-0.25, -0.2) is 9.97 Å². The molecule has 0 radical (unpaired) electrons. The Morgan fingerprint density at radius 1 is 1.16 bits per heavy atom. The van der Waals surface area contributed by atoms with E-state index in [1.54, 1.807) is 12.4 Å². The van der Waals surface area contributed by atoms with Crippen LogP contribution < -0.4 is 10.6 Å². The zero-order chi connectivity index (χ0) is 13.2. The molecule has 1 saturated heterocycles. The molecule has 2 atom stereocenters. The standard InChI is InChI=1S/C14H21N5/c15-13(16)12-14(18-8-7-17-12)19-9-3-5-10-4-1-2-6-11(10)19/h7-8,10-11H,1-6,9H2,(H3,15,16)/t10-,11-/m1/s1. The Balaban J connectivity index is 1.94. The Bertz CT molecular complexity index is 471. The van der Waals surface area contributed by atoms with Gasteiger partial charge >= 0.3 is 0 Å². The van der Waals surface area contributed by atoms with Crippen molar-refractivity contribution in [1.82, 2.24) is 9.97 Å². The topological polar surface area (TPSA) is 78.9 Å². The molecule has 1 aliphatic heterocycles. The number of anilines is 1. The van der Waals surface area contributed by atoms with E-state index >= 15 is 0 Å². The van der Waals surface area contributed by atoms with E-state index in [2.05, 4.69) is 14.9 Å². The van der Waals surface area contributed by atoms with Crippen molar-refractivity contribution in [3.05, 3.63) is 18.1 Å². The minimum absolute atomic E-state index is 0.0148. The summed E-state index contributed by atoms with van der Waals surface area (Å²) in [6.07, 6.45) is 11.1. The van der Waals surface area contributed by atoms with Crippen LogP contribution in [0.25, 0.3) is 0 Å². The fraction of sp³-hybridized carbons (Fsp3) is 0.643. The van der Waals surface area contributed by atoms with Crippen molar-refractivity contribution in [3.8, 4) is 0 Å². The quantitative estimate of drug-likeness (QED) is 0.628. The lowest BCUT2D eigenvalue weighted by molar-refractivity contribution is 0.242. The van der Waals surface area contributed by atoms with Crippen LogP contribution in [0.2, 0.25) is 0 Å². The third-order valence-corrected chi connectivity index (χ3v) is 4.45. The molecule has 3 rings (SSSR count). The molecule has 102 valence electrons. The van der Waals surface area contributed by atoms with E-state index in [9.17, 15) is 0 Å². The van der Waals surface area contributed by atoms with Crippen molar-refractivity contribution in [3.63, 3.8) is 0 Å². The highest BCUT2D eigenvalue weighted by atomic mass is 15.2. The summed E-state index contributed by atoms with van der Waals surface area (Å²) in [6.45, 7) is 1.01. The number of amidine groups is 1. The van der Waals surface area contributed by atoms with Crippen LogP contribution in [-0.4, -0.2) is 28.4 Å². The predicted molar refractivity (Wildman–Crippen MR) is 75.4 cm³/mol. The molecule has 1 aliphatic carbocycles. The van der Waals surface area contributed by atoms with Crippen molar-refractivity contribution in [2.24, 2.45) is 11.7 Å². The first-order valence-electron chi connectivity index (χ1n) is 7.19. The van der Waals surface area contributed by atoms with Crippen molar-refractivity contribution < 1.29 is 0 Å². The molecule has 1 saturated carbocycles. The van der Waals surface area contributed by atoms with Crippen LogP contribution in [0.1, 0.15) is 44.2 Å². The lowest BCUT2D eigenvalue weighted by atomic mass is 9.78. The highest BCUT2D eigenvalue weighted by Gasteiger charge is 2.35. The predicted octanol–water partition coefficient (Wildman–Crippen LogP) is 1.92. The molecule has 0 amide bonds. The van der Waals surface area contributed by atoms with Gasteiger partial charge in [-0.1, -0.05) is 12.8 Å². The summed E-state index contributed by atoms with van der Waals surface area (Å²) in [4.78, 5) is 11.1. The molecule has 0 bridgehead atoms. The van der Waals surface area contributed by atoms with Crippen LogP contribution in [0.5, 0.6) is 0 Å². The maximum absolute atomic E-state index is 7.68. The minimum atomic E-state index is 0.0148. The molecule has 3 N–H and O–H groups in total. The molecule has 0 spiro atoms. The molecule has 0 aromatic carbocycles. The first kappa shape index (κ1) is 12.4. The summed E-state index contributed by atoms with van der Waals surface area (Å²) in [6, 6.07) is 0.567. The summed E-state index contributed by atoms with van der Waals surface area (Å²) in [7, 11) is 0. The summed E-state index contributed by atoms with van der Waals surface area (Å²) in [5.41, 5.74) is 6.18. The zero-order valence-corrected chi connectivity index (χ0v) is 11.2. The van der Waals surface area contributed by atoms with Crippen LogP contribution in [-0.2, 0) is 0 Å². The number of fused-ring (bicyclic) bond motifs is 1. The van der Waals surface area contributed by atoms with Gasteiger partial charge in [-0.3, -0.25) is 5.41 Å². The second-order valence-electron chi connectivity index (χ2n) is 5.59. The van der Waals surface area contributed by atoms with E-state index < -0.39 is 0 Å². The molecule has 2 heterocycles. The maximum Gasteiger partial charge on any atom is 0.158 e. The number of hydrogen-bond donors (Lipinski definition) is 2. The first-order chi connectivity index (χ1) is 9.27. The Morgan fingerprint density at radius 3 is 2.74 bits per heavy atom. The fourth-order valence-corrected chi connectivity index (χ4v) is 3.62. The molecule has 19 heavy (non-hydrogen) atoms. The zero-order valence-electron chi connectivity index (χ0n) is 11.2. The van der Waals surface area contributed by atoms with Crippen molar-refractivity contribution in [1.29, 1.82) is 5.41 Å². The van der Waals surface area contributed by atoms with E-state index in [0.29, 0.717) is 11.7 Å². The van der Waals surface area contributed by atoms with Gasteiger partial charge in [0.05, 0.1) is 0 Å². The van der Waals surface area contributed by atoms with E-state index in [0.717, 1.165) is 18.3 Å². The lowest BCUT2D eigenvalue weighted by Crippen LogP contribution is -2.48. The van der Waals surface area contributed by atoms with Gasteiger partial charge < -0.3 is 10.6 Å². The third-order valence-electron chi connectivity index (χ3n) is 4.45. The number of nitrogens with zero attached hydrogens (tertiary/aromatic N) is 3. The molecule has 5 nitrogen and oxygen atoms in total. The molecular formula is C14H21N5. The molecule has 0 unspecified atom stereocenters. The summed E-state index contributed by atoms with van der Waals surface area (Å²) < 4.78 is 0. The normalized spacial score (nSPS) is 26.8. The lowest BCUT2D eigenvalue weighted by Gasteiger charge is -2.45. The Hall–Kier alpha value is -1.65. The van der Waals surface area contributed by atoms with Gasteiger partial charge in [0.15, 0.2) is 5.82 Å².